The Bertz CT molecular complexity index is 898. The molecule has 0 bridgehead atoms. The van der Waals surface area contributed by atoms with E-state index in [0.29, 0.717) is 16.8 Å². The number of ether oxygens (including phenoxy) is 2. The van der Waals surface area contributed by atoms with Crippen molar-refractivity contribution < 1.29 is 24.0 Å². The number of carbonyl (C=O) groups is 2. The standard InChI is InChI=1S/C21H26N2O6/c1-11(2)28-20(24)17-13(5)18(21(25)29-12(3)4)19(22-14(17)6)15-8-7-9-16(10-15)23(26)27/h7-12,19,22H,1-6H3. The van der Waals surface area contributed by atoms with Gasteiger partial charge < -0.3 is 14.8 Å². The van der Waals surface area contributed by atoms with Gasteiger partial charge in [-0.1, -0.05) is 12.1 Å². The first-order valence-electron chi connectivity index (χ1n) is 9.37. The van der Waals surface area contributed by atoms with Gasteiger partial charge in [0.1, 0.15) is 0 Å². The number of hydrogen-bond acceptors (Lipinski definition) is 7. The van der Waals surface area contributed by atoms with Crippen LogP contribution in [-0.4, -0.2) is 29.1 Å². The second-order valence-electron chi connectivity index (χ2n) is 7.38. The average molecular weight is 402 g/mol. The number of esters is 2. The average Bonchev–Trinajstić information content (AvgIpc) is 2.59. The first kappa shape index (κ1) is 22.1. The van der Waals surface area contributed by atoms with Crippen LogP contribution in [0.3, 0.4) is 0 Å². The van der Waals surface area contributed by atoms with Crippen molar-refractivity contribution in [3.05, 3.63) is 62.4 Å². The second-order valence-corrected chi connectivity index (χ2v) is 7.38. The molecule has 0 aromatic heterocycles. The quantitative estimate of drug-likeness (QED) is 0.439. The fourth-order valence-corrected chi connectivity index (χ4v) is 3.19. The van der Waals surface area contributed by atoms with E-state index in [2.05, 4.69) is 5.32 Å². The van der Waals surface area contributed by atoms with Crippen molar-refractivity contribution in [3.8, 4) is 0 Å². The fraction of sp³-hybridized carbons (Fsp3) is 0.429. The zero-order chi connectivity index (χ0) is 21.9. The van der Waals surface area contributed by atoms with E-state index in [4.69, 9.17) is 9.47 Å². The van der Waals surface area contributed by atoms with Crippen LogP contribution in [0.1, 0.15) is 53.1 Å². The van der Waals surface area contributed by atoms with E-state index in [-0.39, 0.29) is 29.0 Å². The molecule has 8 heteroatoms. The topological polar surface area (TPSA) is 108 Å². The van der Waals surface area contributed by atoms with Gasteiger partial charge in [-0.05, 0) is 52.7 Å². The van der Waals surface area contributed by atoms with E-state index < -0.39 is 22.9 Å². The Morgan fingerprint density at radius 3 is 2.21 bits per heavy atom. The zero-order valence-electron chi connectivity index (χ0n) is 17.4. The van der Waals surface area contributed by atoms with Gasteiger partial charge in [0, 0.05) is 17.8 Å². The van der Waals surface area contributed by atoms with Gasteiger partial charge in [-0.25, -0.2) is 9.59 Å². The summed E-state index contributed by atoms with van der Waals surface area (Å²) in [5.74, 6) is -1.14. The highest BCUT2D eigenvalue weighted by atomic mass is 16.6. The Hall–Kier alpha value is -3.16. The minimum Gasteiger partial charge on any atom is -0.460 e. The second kappa shape index (κ2) is 8.89. The van der Waals surface area contributed by atoms with Crippen molar-refractivity contribution in [1.82, 2.24) is 5.32 Å². The summed E-state index contributed by atoms with van der Waals surface area (Å²) in [5.41, 5.74) is 1.85. The van der Waals surface area contributed by atoms with Crippen LogP contribution in [0.15, 0.2) is 46.7 Å². The number of carbonyl (C=O) groups excluding carboxylic acids is 2. The number of non-ortho nitro benzene ring substituents is 1. The third kappa shape index (κ3) is 5.01. The molecule has 1 aromatic rings. The molecule has 0 radical (unpaired) electrons. The van der Waals surface area contributed by atoms with Crippen LogP contribution in [0.5, 0.6) is 0 Å². The Labute approximate surface area is 169 Å². The van der Waals surface area contributed by atoms with Crippen molar-refractivity contribution in [3.63, 3.8) is 0 Å². The lowest BCUT2D eigenvalue weighted by Gasteiger charge is -2.31. The molecule has 1 aliphatic rings. The Morgan fingerprint density at radius 2 is 1.66 bits per heavy atom. The molecule has 29 heavy (non-hydrogen) atoms. The van der Waals surface area contributed by atoms with E-state index in [1.807, 2.05) is 0 Å². The molecule has 156 valence electrons. The van der Waals surface area contributed by atoms with Gasteiger partial charge in [-0.15, -0.1) is 0 Å². The molecule has 1 unspecified atom stereocenters. The molecule has 8 nitrogen and oxygen atoms in total. The van der Waals surface area contributed by atoms with Crippen molar-refractivity contribution in [1.29, 1.82) is 0 Å². The van der Waals surface area contributed by atoms with Gasteiger partial charge >= 0.3 is 11.9 Å². The normalized spacial score (nSPS) is 16.8. The highest BCUT2D eigenvalue weighted by molar-refractivity contribution is 6.00. The molecule has 1 atom stereocenters. The Balaban J connectivity index is 2.60. The smallest absolute Gasteiger partial charge is 0.340 e. The number of nitrogens with zero attached hydrogens (tertiary/aromatic N) is 1. The predicted octanol–water partition coefficient (Wildman–Crippen LogP) is 3.73. The van der Waals surface area contributed by atoms with Crippen LogP contribution < -0.4 is 5.32 Å². The predicted molar refractivity (Wildman–Crippen MR) is 107 cm³/mol. The van der Waals surface area contributed by atoms with Gasteiger partial charge in [-0.2, -0.15) is 0 Å². The summed E-state index contributed by atoms with van der Waals surface area (Å²) < 4.78 is 10.7. The summed E-state index contributed by atoms with van der Waals surface area (Å²) in [7, 11) is 0. The molecule has 1 N–H and O–H groups in total. The molecule has 1 aromatic carbocycles. The van der Waals surface area contributed by atoms with E-state index in [1.54, 1.807) is 53.7 Å². The number of nitro groups is 1. The molecule has 1 heterocycles. The number of dihydropyridines is 1. The van der Waals surface area contributed by atoms with Crippen LogP contribution in [0.25, 0.3) is 0 Å². The Kier molecular flexibility index (Phi) is 6.79. The van der Waals surface area contributed by atoms with Crippen LogP contribution in [0.2, 0.25) is 0 Å². The molecular formula is C21H26N2O6. The lowest BCUT2D eigenvalue weighted by Crippen LogP contribution is -2.35. The third-order valence-corrected chi connectivity index (χ3v) is 4.33. The monoisotopic (exact) mass is 402 g/mol. The van der Waals surface area contributed by atoms with Crippen LogP contribution in [0.4, 0.5) is 5.69 Å². The summed E-state index contributed by atoms with van der Waals surface area (Å²) in [6.45, 7) is 10.3. The summed E-state index contributed by atoms with van der Waals surface area (Å²) >= 11 is 0. The SMILES string of the molecule is CC1=C(C(=O)OC(C)C)C(C)=C(C(=O)OC(C)C)C(c2cccc([N+](=O)[O-])c2)N1. The number of nitro benzene ring substituents is 1. The minimum atomic E-state index is -0.697. The molecule has 0 spiro atoms. The highest BCUT2D eigenvalue weighted by Gasteiger charge is 2.35. The maximum absolute atomic E-state index is 12.9. The molecule has 0 fully saturated rings. The van der Waals surface area contributed by atoms with Crippen LogP contribution in [-0.2, 0) is 19.1 Å². The summed E-state index contributed by atoms with van der Waals surface area (Å²) in [4.78, 5) is 36.2. The first-order valence-corrected chi connectivity index (χ1v) is 9.37. The number of hydrogen-bond donors (Lipinski definition) is 1. The lowest BCUT2D eigenvalue weighted by atomic mass is 9.87. The zero-order valence-corrected chi connectivity index (χ0v) is 17.4. The molecular weight excluding hydrogens is 376 g/mol. The Morgan fingerprint density at radius 1 is 1.07 bits per heavy atom. The van der Waals surface area contributed by atoms with Crippen molar-refractivity contribution in [2.45, 2.75) is 59.8 Å². The van der Waals surface area contributed by atoms with E-state index >= 15 is 0 Å². The summed E-state index contributed by atoms with van der Waals surface area (Å²) in [6.07, 6.45) is -0.692. The lowest BCUT2D eigenvalue weighted by molar-refractivity contribution is -0.384. The minimum absolute atomic E-state index is 0.0924. The van der Waals surface area contributed by atoms with Gasteiger partial charge in [0.2, 0.25) is 0 Å². The number of allylic oxidation sites excluding steroid dienone is 1. The van der Waals surface area contributed by atoms with Gasteiger partial charge in [-0.3, -0.25) is 10.1 Å². The maximum atomic E-state index is 12.9. The molecule has 0 saturated carbocycles. The number of rotatable bonds is 6. The molecule has 0 saturated heterocycles. The van der Waals surface area contributed by atoms with Gasteiger partial charge in [0.15, 0.2) is 0 Å². The van der Waals surface area contributed by atoms with Crippen LogP contribution in [0, 0.1) is 10.1 Å². The van der Waals surface area contributed by atoms with Gasteiger partial charge in [0.05, 0.1) is 34.3 Å². The fourth-order valence-electron chi connectivity index (χ4n) is 3.19. The largest absolute Gasteiger partial charge is 0.460 e. The number of nitrogens with one attached hydrogen (secondary N) is 1. The van der Waals surface area contributed by atoms with E-state index in [9.17, 15) is 19.7 Å². The molecule has 0 amide bonds. The summed E-state index contributed by atoms with van der Waals surface area (Å²) in [5, 5.41) is 14.3. The third-order valence-electron chi connectivity index (χ3n) is 4.33. The molecule has 0 aliphatic carbocycles. The van der Waals surface area contributed by atoms with Crippen LogP contribution >= 0.6 is 0 Å². The first-order chi connectivity index (χ1) is 13.5. The van der Waals surface area contributed by atoms with E-state index in [0.717, 1.165) is 0 Å². The van der Waals surface area contributed by atoms with Crippen molar-refractivity contribution >= 4 is 17.6 Å². The number of benzene rings is 1. The highest BCUT2D eigenvalue weighted by Crippen LogP contribution is 2.36. The maximum Gasteiger partial charge on any atom is 0.340 e. The summed E-state index contributed by atoms with van der Waals surface area (Å²) in [6, 6.07) is 5.32. The van der Waals surface area contributed by atoms with Crippen molar-refractivity contribution in [2.75, 3.05) is 0 Å². The molecule has 1 aliphatic heterocycles. The van der Waals surface area contributed by atoms with Gasteiger partial charge in [0.25, 0.3) is 5.69 Å². The van der Waals surface area contributed by atoms with E-state index in [1.165, 1.54) is 12.1 Å². The van der Waals surface area contributed by atoms with Crippen molar-refractivity contribution in [2.24, 2.45) is 0 Å². The molecule has 2 rings (SSSR count).